The van der Waals surface area contributed by atoms with Gasteiger partial charge in [-0.05, 0) is 12.1 Å². The molecule has 0 saturated carbocycles. The minimum absolute atomic E-state index is 0.342. The summed E-state index contributed by atoms with van der Waals surface area (Å²) in [6.45, 7) is 0. The lowest BCUT2D eigenvalue weighted by Gasteiger charge is -2.09. The number of halogens is 4. The van der Waals surface area contributed by atoms with Crippen molar-refractivity contribution in [2.24, 2.45) is 0 Å². The van der Waals surface area contributed by atoms with E-state index in [2.05, 4.69) is 15.9 Å². The fraction of sp³-hybridized carbons (Fsp3) is 0.182. The van der Waals surface area contributed by atoms with E-state index in [4.69, 9.17) is 39.5 Å². The molecule has 0 unspecified atom stereocenters. The van der Waals surface area contributed by atoms with Gasteiger partial charge in [-0.15, -0.1) is 0 Å². The van der Waals surface area contributed by atoms with E-state index in [0.717, 1.165) is 16.1 Å². The van der Waals surface area contributed by atoms with Crippen molar-refractivity contribution in [1.82, 2.24) is 0 Å². The number of rotatable bonds is 3. The fourth-order valence-electron chi connectivity index (χ4n) is 1.08. The Morgan fingerprint density at radius 1 is 1.29 bits per heavy atom. The van der Waals surface area contributed by atoms with Crippen LogP contribution in [-0.4, -0.2) is 16.7 Å². The van der Waals surface area contributed by atoms with Crippen LogP contribution < -0.4 is 0 Å². The molecule has 1 aromatic rings. The zero-order chi connectivity index (χ0) is 13.1. The summed E-state index contributed by atoms with van der Waals surface area (Å²) in [5.41, 5.74) is 0.721. The van der Waals surface area contributed by atoms with E-state index >= 15 is 0 Å². The molecule has 0 aromatic heterocycles. The van der Waals surface area contributed by atoms with Crippen molar-refractivity contribution in [3.63, 3.8) is 0 Å². The van der Waals surface area contributed by atoms with Crippen molar-refractivity contribution >= 4 is 62.3 Å². The largest absolute Gasteiger partial charge is 0.496 e. The van der Waals surface area contributed by atoms with Gasteiger partial charge in [-0.25, -0.2) is 0 Å². The summed E-state index contributed by atoms with van der Waals surface area (Å²) < 4.78 is 4.04. The topological polar surface area (TPSA) is 26.3 Å². The molecule has 1 aromatic carbocycles. The first-order valence-corrected chi connectivity index (χ1v) is 6.40. The Bertz CT molecular complexity index is 435. The number of allylic oxidation sites excluding steroid dienone is 1. The molecule has 0 fully saturated rings. The number of carbonyl (C=O) groups excluding carboxylic acids is 1. The number of benzene rings is 1. The first kappa shape index (κ1) is 14.8. The van der Waals surface area contributed by atoms with Crippen molar-refractivity contribution in [3.05, 3.63) is 40.4 Å². The molecule has 0 N–H and O–H groups in total. The molecule has 6 heteroatoms. The van der Waals surface area contributed by atoms with Crippen molar-refractivity contribution < 1.29 is 9.53 Å². The Morgan fingerprint density at radius 3 is 2.24 bits per heavy atom. The summed E-state index contributed by atoms with van der Waals surface area (Å²) in [7, 11) is 1.44. The third-order valence-electron chi connectivity index (χ3n) is 1.89. The summed E-state index contributed by atoms with van der Waals surface area (Å²) in [5, 5.41) is 0. The Hall–Kier alpha value is -0.220. The number of ether oxygens (including phenoxy) is 1. The van der Waals surface area contributed by atoms with Crippen LogP contribution in [0.3, 0.4) is 0 Å². The third kappa shape index (κ3) is 4.51. The van der Waals surface area contributed by atoms with Crippen molar-refractivity contribution in [2.75, 3.05) is 7.11 Å². The molecule has 0 radical (unpaired) electrons. The standard InChI is InChI=1S/C11H8BrCl3O2/c1-17-9(6-10(16)11(13,14)15)7-2-4-8(12)5-3-7/h2-6H,1H3/b9-6+. The zero-order valence-electron chi connectivity index (χ0n) is 8.72. The predicted molar refractivity (Wildman–Crippen MR) is 74.4 cm³/mol. The maximum absolute atomic E-state index is 11.5. The van der Waals surface area contributed by atoms with Gasteiger partial charge in [0.15, 0.2) is 0 Å². The lowest BCUT2D eigenvalue weighted by molar-refractivity contribution is -0.113. The molecule has 0 aliphatic carbocycles. The van der Waals surface area contributed by atoms with Crippen LogP contribution >= 0.6 is 50.7 Å². The summed E-state index contributed by atoms with van der Waals surface area (Å²) in [5.74, 6) is -0.309. The van der Waals surface area contributed by atoms with Crippen molar-refractivity contribution in [1.29, 1.82) is 0 Å². The quantitative estimate of drug-likeness (QED) is 0.455. The van der Waals surface area contributed by atoms with E-state index in [1.165, 1.54) is 7.11 Å². The zero-order valence-corrected chi connectivity index (χ0v) is 12.6. The maximum Gasteiger partial charge on any atom is 0.252 e. The molecule has 0 aliphatic rings. The van der Waals surface area contributed by atoms with Crippen LogP contribution in [0, 0.1) is 0 Å². The first-order chi connectivity index (χ1) is 7.84. The van der Waals surface area contributed by atoms with Crippen LogP contribution in [0.2, 0.25) is 0 Å². The van der Waals surface area contributed by atoms with Crippen LogP contribution in [0.25, 0.3) is 5.76 Å². The van der Waals surface area contributed by atoms with E-state index in [1.807, 2.05) is 12.1 Å². The van der Waals surface area contributed by atoms with Gasteiger partial charge in [-0.3, -0.25) is 4.79 Å². The Kier molecular flexibility index (Phi) is 5.32. The van der Waals surface area contributed by atoms with Crippen LogP contribution in [0.1, 0.15) is 5.56 Å². The van der Waals surface area contributed by atoms with Gasteiger partial charge in [-0.2, -0.15) is 0 Å². The second kappa shape index (κ2) is 6.10. The summed E-state index contributed by atoms with van der Waals surface area (Å²) in [6, 6.07) is 7.21. The molecular formula is C11H8BrCl3O2. The van der Waals surface area contributed by atoms with Gasteiger partial charge < -0.3 is 4.74 Å². The lowest BCUT2D eigenvalue weighted by atomic mass is 10.1. The molecule has 0 saturated heterocycles. The number of methoxy groups -OCH3 is 1. The van der Waals surface area contributed by atoms with Gasteiger partial charge >= 0.3 is 0 Å². The molecule has 17 heavy (non-hydrogen) atoms. The molecule has 0 spiro atoms. The van der Waals surface area contributed by atoms with Gasteiger partial charge in [0, 0.05) is 16.1 Å². The lowest BCUT2D eigenvalue weighted by Crippen LogP contribution is -2.16. The summed E-state index contributed by atoms with van der Waals surface area (Å²) in [4.78, 5) is 11.5. The molecule has 0 atom stereocenters. The van der Waals surface area contributed by atoms with Gasteiger partial charge in [0.05, 0.1) is 7.11 Å². The highest BCUT2D eigenvalue weighted by molar-refractivity contribution is 9.10. The highest BCUT2D eigenvalue weighted by atomic mass is 79.9. The van der Waals surface area contributed by atoms with E-state index in [-0.39, 0.29) is 0 Å². The average molecular weight is 358 g/mol. The Labute approximate surface area is 123 Å². The van der Waals surface area contributed by atoms with E-state index in [1.54, 1.807) is 12.1 Å². The molecule has 0 amide bonds. The molecule has 0 heterocycles. The molecular weight excluding hydrogens is 350 g/mol. The Morgan fingerprint density at radius 2 is 1.82 bits per heavy atom. The Balaban J connectivity index is 3.04. The second-order valence-corrected chi connectivity index (χ2v) is 6.28. The summed E-state index contributed by atoms with van der Waals surface area (Å²) >= 11 is 19.7. The minimum atomic E-state index is -1.97. The van der Waals surface area contributed by atoms with Crippen LogP contribution in [0.5, 0.6) is 0 Å². The van der Waals surface area contributed by atoms with Crippen LogP contribution in [0.4, 0.5) is 0 Å². The molecule has 1 rings (SSSR count). The second-order valence-electron chi connectivity index (χ2n) is 3.08. The van der Waals surface area contributed by atoms with Gasteiger partial charge in [0.1, 0.15) is 5.76 Å². The van der Waals surface area contributed by atoms with Gasteiger partial charge in [0.2, 0.25) is 5.78 Å². The number of hydrogen-bond donors (Lipinski definition) is 0. The van der Waals surface area contributed by atoms with E-state index in [9.17, 15) is 4.79 Å². The first-order valence-electron chi connectivity index (χ1n) is 4.47. The van der Waals surface area contributed by atoms with Gasteiger partial charge in [0.25, 0.3) is 3.79 Å². The summed E-state index contributed by atoms with van der Waals surface area (Å²) in [6.07, 6.45) is 1.16. The fourth-order valence-corrected chi connectivity index (χ4v) is 1.50. The normalized spacial score (nSPS) is 12.4. The van der Waals surface area contributed by atoms with E-state index in [0.29, 0.717) is 5.76 Å². The van der Waals surface area contributed by atoms with Crippen molar-refractivity contribution in [3.8, 4) is 0 Å². The third-order valence-corrected chi connectivity index (χ3v) is 2.98. The number of carbonyl (C=O) groups is 1. The SMILES string of the molecule is CO/C(=C/C(=O)C(Cl)(Cl)Cl)c1ccc(Br)cc1. The smallest absolute Gasteiger partial charge is 0.252 e. The van der Waals surface area contributed by atoms with E-state index < -0.39 is 9.58 Å². The monoisotopic (exact) mass is 356 g/mol. The average Bonchev–Trinajstić information content (AvgIpc) is 2.25. The number of ketones is 1. The highest BCUT2D eigenvalue weighted by Crippen LogP contribution is 2.29. The van der Waals surface area contributed by atoms with Crippen LogP contribution in [0.15, 0.2) is 34.8 Å². The van der Waals surface area contributed by atoms with Crippen LogP contribution in [-0.2, 0) is 9.53 Å². The predicted octanol–water partition coefficient (Wildman–Crippen LogP) is 4.38. The van der Waals surface area contributed by atoms with Crippen molar-refractivity contribution in [2.45, 2.75) is 3.79 Å². The molecule has 0 aliphatic heterocycles. The molecule has 0 bridgehead atoms. The maximum atomic E-state index is 11.5. The number of hydrogen-bond acceptors (Lipinski definition) is 2. The minimum Gasteiger partial charge on any atom is -0.496 e. The number of alkyl halides is 3. The molecule has 92 valence electrons. The highest BCUT2D eigenvalue weighted by Gasteiger charge is 2.29. The van der Waals surface area contributed by atoms with Gasteiger partial charge in [-0.1, -0.05) is 62.9 Å². The molecule has 2 nitrogen and oxygen atoms in total.